The fraction of sp³-hybridized carbons (Fsp3) is 0.182. The minimum absolute atomic E-state index is 0.109. The van der Waals surface area contributed by atoms with Crippen molar-refractivity contribution in [2.24, 2.45) is 15.2 Å². The maximum Gasteiger partial charge on any atom is 0.418 e. The van der Waals surface area contributed by atoms with E-state index in [2.05, 4.69) is 15.2 Å². The molecule has 1 aliphatic heterocycles. The van der Waals surface area contributed by atoms with Gasteiger partial charge in [0.25, 0.3) is 0 Å². The van der Waals surface area contributed by atoms with E-state index in [0.29, 0.717) is 27.4 Å². The first-order valence-corrected chi connectivity index (χ1v) is 5.42. The molecule has 0 fully saturated rings. The maximum atomic E-state index is 12.2. The summed E-state index contributed by atoms with van der Waals surface area (Å²) in [4.78, 5) is 16.9. The smallest absolute Gasteiger partial charge is 0.418 e. The molecule has 94 valence electrons. The third-order valence-electron chi connectivity index (χ3n) is 2.95. The molecular formula is C11H9N6O2+. The Kier molecular flexibility index (Phi) is 2.31. The third kappa shape index (κ3) is 1.49. The second-order valence-electron chi connectivity index (χ2n) is 3.99. The second kappa shape index (κ2) is 3.87. The van der Waals surface area contributed by atoms with Crippen molar-refractivity contribution < 1.29 is 14.3 Å². The van der Waals surface area contributed by atoms with Crippen LogP contribution in [0.2, 0.25) is 0 Å². The molecule has 8 nitrogen and oxygen atoms in total. The largest absolute Gasteiger partial charge is 0.497 e. The number of aliphatic imine (C=N–C) groups is 1. The highest BCUT2D eigenvalue weighted by atomic mass is 16.5. The number of ketones is 1. The van der Waals surface area contributed by atoms with E-state index in [4.69, 9.17) is 15.8 Å². The predicted molar refractivity (Wildman–Crippen MR) is 63.2 cm³/mol. The lowest BCUT2D eigenvalue weighted by Gasteiger charge is -2.05. The number of carbonyl (C=O) groups excluding carboxylic acids is 1. The van der Waals surface area contributed by atoms with Gasteiger partial charge in [0.05, 0.1) is 11.9 Å². The fourth-order valence-electron chi connectivity index (χ4n) is 2.04. The van der Waals surface area contributed by atoms with Gasteiger partial charge in [0, 0.05) is 16.2 Å². The Labute approximate surface area is 107 Å². The lowest BCUT2D eigenvalue weighted by atomic mass is 10.1. The molecule has 1 atom stereocenters. The van der Waals surface area contributed by atoms with Crippen molar-refractivity contribution in [2.75, 3.05) is 7.11 Å². The molecular weight excluding hydrogens is 248 g/mol. The summed E-state index contributed by atoms with van der Waals surface area (Å²) in [6, 6.07) is 5.05. The Morgan fingerprint density at radius 1 is 1.37 bits per heavy atom. The first kappa shape index (κ1) is 11.3. The Morgan fingerprint density at radius 3 is 2.84 bits per heavy atom. The van der Waals surface area contributed by atoms with Crippen LogP contribution in [0.3, 0.4) is 0 Å². The summed E-state index contributed by atoms with van der Waals surface area (Å²) in [5, 5.41) is 7.01. The Morgan fingerprint density at radius 2 is 2.16 bits per heavy atom. The summed E-state index contributed by atoms with van der Waals surface area (Å²) in [5.41, 5.74) is 16.0. The van der Waals surface area contributed by atoms with Gasteiger partial charge in [-0.05, 0) is 23.7 Å². The molecule has 8 heteroatoms. The number of nitrogens with one attached hydrogen (secondary N) is 2. The van der Waals surface area contributed by atoms with Gasteiger partial charge < -0.3 is 4.74 Å². The summed E-state index contributed by atoms with van der Waals surface area (Å²) >= 11 is 0. The van der Waals surface area contributed by atoms with Crippen LogP contribution in [0.25, 0.3) is 0 Å². The SMILES string of the molecule is COc1ccc2c(c1)C(=O)C1=N[N+](=N)C(N=N)N=C12. The van der Waals surface area contributed by atoms with Crippen LogP contribution >= 0.6 is 0 Å². The Hall–Kier alpha value is -2.77. The highest BCUT2D eigenvalue weighted by Crippen LogP contribution is 2.28. The van der Waals surface area contributed by atoms with Crippen LogP contribution in [0, 0.1) is 11.1 Å². The van der Waals surface area contributed by atoms with Crippen molar-refractivity contribution in [3.63, 3.8) is 0 Å². The highest BCUT2D eigenvalue weighted by Gasteiger charge is 2.41. The molecule has 1 heterocycles. The number of hydrogen-bond acceptors (Lipinski definition) is 6. The lowest BCUT2D eigenvalue weighted by molar-refractivity contribution is -0.653. The minimum Gasteiger partial charge on any atom is -0.497 e. The van der Waals surface area contributed by atoms with Crippen LogP contribution < -0.4 is 4.74 Å². The molecule has 1 unspecified atom stereocenters. The van der Waals surface area contributed by atoms with E-state index in [9.17, 15) is 4.79 Å². The standard InChI is InChI=1S/C11H9N6O2/c1-19-5-2-3-6-7(4-5)10(18)9-8(6)14-11(15-12)17(13)16-9/h2-4,11-13H,1H3/q+1. The summed E-state index contributed by atoms with van der Waals surface area (Å²) in [5.74, 6) is 0.268. The molecule has 19 heavy (non-hydrogen) atoms. The van der Waals surface area contributed by atoms with Gasteiger partial charge in [-0.2, -0.15) is 4.99 Å². The van der Waals surface area contributed by atoms with Crippen LogP contribution in [0.5, 0.6) is 5.75 Å². The zero-order valence-corrected chi connectivity index (χ0v) is 9.91. The Bertz CT molecular complexity index is 690. The van der Waals surface area contributed by atoms with Gasteiger partial charge in [-0.15, -0.1) is 0 Å². The maximum absolute atomic E-state index is 12.2. The fourth-order valence-corrected chi connectivity index (χ4v) is 2.04. The minimum atomic E-state index is -1.04. The number of fused-ring (bicyclic) bond motifs is 3. The van der Waals surface area contributed by atoms with Crippen molar-refractivity contribution in [3.8, 4) is 5.75 Å². The van der Waals surface area contributed by atoms with Crippen LogP contribution in [0.4, 0.5) is 0 Å². The van der Waals surface area contributed by atoms with E-state index >= 15 is 0 Å². The molecule has 2 aliphatic rings. The number of hydrogen-bond donors (Lipinski definition) is 2. The molecule has 0 radical (unpaired) electrons. The van der Waals surface area contributed by atoms with E-state index in [0.717, 1.165) is 0 Å². The predicted octanol–water partition coefficient (Wildman–Crippen LogP) is 1.41. The average Bonchev–Trinajstić information content (AvgIpc) is 2.70. The quantitative estimate of drug-likeness (QED) is 0.616. The first-order valence-electron chi connectivity index (χ1n) is 5.42. The summed E-state index contributed by atoms with van der Waals surface area (Å²) in [6.07, 6.45) is -1.04. The van der Waals surface area contributed by atoms with E-state index in [1.165, 1.54) is 7.11 Å². The molecule has 1 aromatic carbocycles. The van der Waals surface area contributed by atoms with Gasteiger partial charge in [-0.3, -0.25) is 4.79 Å². The van der Waals surface area contributed by atoms with Crippen LogP contribution in [0.1, 0.15) is 15.9 Å². The van der Waals surface area contributed by atoms with E-state index < -0.39 is 6.29 Å². The molecule has 0 saturated carbocycles. The number of rotatable bonds is 2. The van der Waals surface area contributed by atoms with Gasteiger partial charge >= 0.3 is 6.29 Å². The molecule has 0 spiro atoms. The molecule has 0 saturated heterocycles. The second-order valence-corrected chi connectivity index (χ2v) is 3.99. The summed E-state index contributed by atoms with van der Waals surface area (Å²) in [7, 11) is 1.52. The molecule has 0 amide bonds. The van der Waals surface area contributed by atoms with Crippen molar-refractivity contribution in [1.29, 1.82) is 11.1 Å². The van der Waals surface area contributed by atoms with Gasteiger partial charge in [-0.1, -0.05) is 5.11 Å². The van der Waals surface area contributed by atoms with Crippen molar-refractivity contribution >= 4 is 17.2 Å². The molecule has 1 aromatic rings. The number of carbonyl (C=O) groups is 1. The van der Waals surface area contributed by atoms with Crippen molar-refractivity contribution in [3.05, 3.63) is 29.3 Å². The molecule has 2 N–H and O–H groups in total. The number of Topliss-reactive ketones (excluding diaryl/α,β-unsaturated/α-hetero) is 1. The molecule has 3 rings (SSSR count). The normalized spacial score (nSPS) is 20.4. The van der Waals surface area contributed by atoms with Gasteiger partial charge in [0.1, 0.15) is 11.5 Å². The topological polar surface area (TPSA) is 114 Å². The van der Waals surface area contributed by atoms with Gasteiger partial charge in [0.2, 0.25) is 11.5 Å². The zero-order chi connectivity index (χ0) is 13.6. The lowest BCUT2D eigenvalue weighted by Crippen LogP contribution is -2.29. The molecule has 1 aliphatic carbocycles. The molecule has 0 aromatic heterocycles. The number of nitrogens with zero attached hydrogens (tertiary/aromatic N) is 4. The number of benzene rings is 1. The summed E-state index contributed by atoms with van der Waals surface area (Å²) in [6.45, 7) is 0. The monoisotopic (exact) mass is 257 g/mol. The number of ether oxygens (including phenoxy) is 1. The van der Waals surface area contributed by atoms with Gasteiger partial charge in [-0.25, -0.2) is 5.53 Å². The van der Waals surface area contributed by atoms with Crippen LogP contribution in [-0.2, 0) is 0 Å². The molecule has 0 bridgehead atoms. The third-order valence-corrected chi connectivity index (χ3v) is 2.95. The first-order chi connectivity index (χ1) is 9.15. The Balaban J connectivity index is 2.20. The van der Waals surface area contributed by atoms with E-state index in [1.807, 2.05) is 0 Å². The van der Waals surface area contributed by atoms with Crippen LogP contribution in [0.15, 0.2) is 33.4 Å². The zero-order valence-electron chi connectivity index (χ0n) is 9.91. The van der Waals surface area contributed by atoms with Crippen molar-refractivity contribution in [2.45, 2.75) is 6.29 Å². The van der Waals surface area contributed by atoms with Crippen molar-refractivity contribution in [1.82, 2.24) is 0 Å². The van der Waals surface area contributed by atoms with Crippen LogP contribution in [-0.4, -0.2) is 35.4 Å². The highest BCUT2D eigenvalue weighted by molar-refractivity contribution is 6.78. The summed E-state index contributed by atoms with van der Waals surface area (Å²) < 4.78 is 5.08. The number of hydrazone groups is 1. The number of methoxy groups -OCH3 is 1. The van der Waals surface area contributed by atoms with E-state index in [1.54, 1.807) is 18.2 Å². The van der Waals surface area contributed by atoms with E-state index in [-0.39, 0.29) is 11.5 Å². The van der Waals surface area contributed by atoms with Gasteiger partial charge in [0.15, 0.2) is 0 Å². The average molecular weight is 257 g/mol.